The van der Waals surface area contributed by atoms with Gasteiger partial charge in [-0.3, -0.25) is 4.79 Å². The summed E-state index contributed by atoms with van der Waals surface area (Å²) in [6, 6.07) is 0. The number of carbonyl (C=O) groups excluding carboxylic acids is 1. The minimum Gasteiger partial charge on any atom is -0.396 e. The van der Waals surface area contributed by atoms with Gasteiger partial charge in [0.1, 0.15) is 0 Å². The van der Waals surface area contributed by atoms with Crippen molar-refractivity contribution in [2.45, 2.75) is 71.3 Å². The van der Waals surface area contributed by atoms with E-state index in [4.69, 9.17) is 0 Å². The van der Waals surface area contributed by atoms with E-state index in [0.29, 0.717) is 23.5 Å². The fourth-order valence-electron chi connectivity index (χ4n) is 7.43. The van der Waals surface area contributed by atoms with Crippen LogP contribution >= 0.6 is 0 Å². The van der Waals surface area contributed by atoms with Crippen molar-refractivity contribution in [3.05, 3.63) is 11.6 Å². The zero-order valence-electron chi connectivity index (χ0n) is 15.1. The van der Waals surface area contributed by atoms with E-state index in [1.807, 2.05) is 13.0 Å². The van der Waals surface area contributed by atoms with Crippen molar-refractivity contribution in [2.24, 2.45) is 34.5 Å². The summed E-state index contributed by atoms with van der Waals surface area (Å²) in [6.07, 6.45) is 9.99. The molecule has 7 atom stereocenters. The number of aliphatic hydroxyl groups excluding tert-OH is 2. The first-order valence-corrected chi connectivity index (χ1v) is 9.95. The Bertz CT molecular complexity index is 565. The zero-order valence-corrected chi connectivity index (χ0v) is 15.1. The number of carbonyl (C=O) groups is 1. The summed E-state index contributed by atoms with van der Waals surface area (Å²) in [5.41, 5.74) is 1.17. The normalized spacial score (nSPS) is 49.0. The molecule has 134 valence electrons. The summed E-state index contributed by atoms with van der Waals surface area (Å²) in [4.78, 5) is 11.8. The van der Waals surface area contributed by atoms with Crippen LogP contribution in [0.1, 0.15) is 65.2 Å². The lowest BCUT2D eigenvalue weighted by atomic mass is 9.48. The summed E-state index contributed by atoms with van der Waals surface area (Å²) >= 11 is 0. The van der Waals surface area contributed by atoms with Gasteiger partial charge < -0.3 is 10.2 Å². The van der Waals surface area contributed by atoms with Gasteiger partial charge in [-0.2, -0.15) is 0 Å². The molecule has 4 rings (SSSR count). The maximum Gasteiger partial charge on any atom is 0.155 e. The Morgan fingerprint density at radius 2 is 1.96 bits per heavy atom. The molecule has 0 heterocycles. The van der Waals surface area contributed by atoms with Gasteiger partial charge in [0.05, 0.1) is 12.7 Å². The molecule has 3 nitrogen and oxygen atoms in total. The van der Waals surface area contributed by atoms with Gasteiger partial charge in [-0.05, 0) is 87.0 Å². The number of aliphatic hydroxyl groups is 2. The lowest BCUT2D eigenvalue weighted by Gasteiger charge is -2.57. The van der Waals surface area contributed by atoms with Gasteiger partial charge >= 0.3 is 0 Å². The fraction of sp³-hybridized carbons (Fsp3) is 0.857. The van der Waals surface area contributed by atoms with Crippen LogP contribution in [0, 0.1) is 34.5 Å². The van der Waals surface area contributed by atoms with Crippen molar-refractivity contribution in [1.29, 1.82) is 0 Å². The standard InChI is InChI=1S/C21H32O3/c1-13(23)21(12-22)10-8-19-18-5-3-14-11-15(24)4-6-16(14)17(18)7-9-20(19,21)2/h11,13,16-19,22-23H,3-10,12H2,1-2H3/t13-,16-,17+,18+,19-,20-,21-/m0/s1. The van der Waals surface area contributed by atoms with Gasteiger partial charge in [0.15, 0.2) is 5.78 Å². The first kappa shape index (κ1) is 16.8. The molecule has 0 radical (unpaired) electrons. The zero-order chi connectivity index (χ0) is 17.1. The van der Waals surface area contributed by atoms with Crippen LogP contribution in [0.3, 0.4) is 0 Å². The van der Waals surface area contributed by atoms with E-state index in [1.54, 1.807) is 0 Å². The summed E-state index contributed by atoms with van der Waals surface area (Å²) < 4.78 is 0. The predicted octanol–water partition coefficient (Wildman–Crippen LogP) is 3.49. The van der Waals surface area contributed by atoms with Crippen LogP contribution in [0.15, 0.2) is 11.6 Å². The van der Waals surface area contributed by atoms with Crippen molar-refractivity contribution in [3.8, 4) is 0 Å². The van der Waals surface area contributed by atoms with Crippen LogP contribution in [-0.2, 0) is 4.79 Å². The Labute approximate surface area is 145 Å². The van der Waals surface area contributed by atoms with Crippen LogP contribution in [0.2, 0.25) is 0 Å². The van der Waals surface area contributed by atoms with Crippen LogP contribution in [0.25, 0.3) is 0 Å². The lowest BCUT2D eigenvalue weighted by molar-refractivity contribution is -0.129. The molecule has 0 amide bonds. The molecule has 0 aromatic rings. The second-order valence-electron chi connectivity index (χ2n) is 9.29. The van der Waals surface area contributed by atoms with E-state index in [-0.39, 0.29) is 17.4 Å². The Morgan fingerprint density at radius 1 is 1.17 bits per heavy atom. The smallest absolute Gasteiger partial charge is 0.155 e. The topological polar surface area (TPSA) is 57.5 Å². The SMILES string of the molecule is C[C@H](O)[C@@]1(CO)CC[C@H]2[C@@H]3CCC4=CC(=O)CC[C@@H]4[C@H]3CC[C@@]21C. The highest BCUT2D eigenvalue weighted by Crippen LogP contribution is 2.68. The molecule has 0 bridgehead atoms. The van der Waals surface area contributed by atoms with E-state index in [1.165, 1.54) is 18.4 Å². The summed E-state index contributed by atoms with van der Waals surface area (Å²) in [5.74, 6) is 3.01. The van der Waals surface area contributed by atoms with Crippen molar-refractivity contribution in [2.75, 3.05) is 6.61 Å². The molecule has 0 saturated heterocycles. The highest BCUT2D eigenvalue weighted by atomic mass is 16.3. The van der Waals surface area contributed by atoms with Crippen molar-refractivity contribution in [1.82, 2.24) is 0 Å². The minimum atomic E-state index is -0.444. The summed E-state index contributed by atoms with van der Waals surface area (Å²) in [7, 11) is 0. The molecule has 0 aromatic carbocycles. The van der Waals surface area contributed by atoms with Crippen LogP contribution < -0.4 is 0 Å². The lowest BCUT2D eigenvalue weighted by Crippen LogP contribution is -2.54. The van der Waals surface area contributed by atoms with Crippen molar-refractivity contribution >= 4 is 5.78 Å². The molecule has 4 aliphatic carbocycles. The molecule has 0 aromatic heterocycles. The van der Waals surface area contributed by atoms with E-state index in [9.17, 15) is 15.0 Å². The third-order valence-corrected chi connectivity index (χ3v) is 8.81. The van der Waals surface area contributed by atoms with Gasteiger partial charge in [-0.25, -0.2) is 0 Å². The van der Waals surface area contributed by atoms with E-state index in [2.05, 4.69) is 6.92 Å². The molecule has 3 saturated carbocycles. The van der Waals surface area contributed by atoms with Crippen LogP contribution in [-0.4, -0.2) is 28.7 Å². The maximum atomic E-state index is 11.8. The predicted molar refractivity (Wildman–Crippen MR) is 93.3 cm³/mol. The molecule has 3 fully saturated rings. The average molecular weight is 332 g/mol. The highest BCUT2D eigenvalue weighted by Gasteiger charge is 2.63. The first-order chi connectivity index (χ1) is 11.4. The molecular weight excluding hydrogens is 300 g/mol. The van der Waals surface area contributed by atoms with Crippen molar-refractivity contribution < 1.29 is 15.0 Å². The molecule has 4 aliphatic rings. The molecule has 3 heteroatoms. The largest absolute Gasteiger partial charge is 0.396 e. The number of hydrogen-bond acceptors (Lipinski definition) is 3. The number of ketones is 1. The van der Waals surface area contributed by atoms with E-state index in [0.717, 1.165) is 44.4 Å². The Balaban J connectivity index is 1.65. The summed E-state index contributed by atoms with van der Waals surface area (Å²) in [5, 5.41) is 20.7. The Morgan fingerprint density at radius 3 is 2.67 bits per heavy atom. The second-order valence-corrected chi connectivity index (χ2v) is 9.29. The van der Waals surface area contributed by atoms with Crippen molar-refractivity contribution in [3.63, 3.8) is 0 Å². The first-order valence-electron chi connectivity index (χ1n) is 9.95. The van der Waals surface area contributed by atoms with Gasteiger partial charge in [-0.15, -0.1) is 0 Å². The fourth-order valence-corrected chi connectivity index (χ4v) is 7.43. The minimum absolute atomic E-state index is 0.0583. The Hall–Kier alpha value is -0.670. The molecule has 2 N–H and O–H groups in total. The quantitative estimate of drug-likeness (QED) is 0.814. The maximum absolute atomic E-state index is 11.8. The molecule has 0 spiro atoms. The second kappa shape index (κ2) is 5.67. The van der Waals surface area contributed by atoms with Gasteiger partial charge in [-0.1, -0.05) is 12.5 Å². The molecule has 0 unspecified atom stereocenters. The van der Waals surface area contributed by atoms with Gasteiger partial charge in [0, 0.05) is 11.8 Å². The molecule has 24 heavy (non-hydrogen) atoms. The molecule has 0 aliphatic heterocycles. The van der Waals surface area contributed by atoms with E-state index < -0.39 is 6.10 Å². The molecular formula is C21H32O3. The number of rotatable bonds is 2. The third-order valence-electron chi connectivity index (χ3n) is 8.81. The highest BCUT2D eigenvalue weighted by molar-refractivity contribution is 5.91. The number of hydrogen-bond donors (Lipinski definition) is 2. The van der Waals surface area contributed by atoms with Crippen LogP contribution in [0.5, 0.6) is 0 Å². The number of allylic oxidation sites excluding steroid dienone is 1. The Kier molecular flexibility index (Phi) is 3.96. The van der Waals surface area contributed by atoms with Gasteiger partial charge in [0.25, 0.3) is 0 Å². The number of fused-ring (bicyclic) bond motifs is 5. The monoisotopic (exact) mass is 332 g/mol. The van der Waals surface area contributed by atoms with E-state index >= 15 is 0 Å². The summed E-state index contributed by atoms with van der Waals surface area (Å²) in [6.45, 7) is 4.34. The van der Waals surface area contributed by atoms with Gasteiger partial charge in [0.2, 0.25) is 0 Å². The van der Waals surface area contributed by atoms with Crippen LogP contribution in [0.4, 0.5) is 0 Å². The third kappa shape index (κ3) is 2.07. The average Bonchev–Trinajstić information content (AvgIpc) is 2.87.